The van der Waals surface area contributed by atoms with Gasteiger partial charge in [-0.3, -0.25) is 4.98 Å². The molecule has 0 saturated carbocycles. The number of rotatable bonds is 4. The quantitative estimate of drug-likeness (QED) is 0.822. The minimum Gasteiger partial charge on any atom is -0.305 e. The molecule has 0 radical (unpaired) electrons. The second-order valence-corrected chi connectivity index (χ2v) is 6.31. The number of nitrogens with one attached hydrogen (secondary N) is 1. The largest absolute Gasteiger partial charge is 0.305 e. The van der Waals surface area contributed by atoms with E-state index in [1.165, 1.54) is 11.1 Å². The Hall–Kier alpha value is -0.710. The lowest BCUT2D eigenvalue weighted by molar-refractivity contribution is 0.564. The van der Waals surface area contributed by atoms with Crippen molar-refractivity contribution in [1.82, 2.24) is 10.3 Å². The highest BCUT2D eigenvalue weighted by molar-refractivity contribution is 9.11. The summed E-state index contributed by atoms with van der Waals surface area (Å²) < 4.78 is 2.19. The number of pyridine rings is 1. The molecule has 0 aliphatic heterocycles. The van der Waals surface area contributed by atoms with Crippen LogP contribution in [0.25, 0.3) is 0 Å². The maximum atomic E-state index is 4.40. The van der Waals surface area contributed by atoms with Crippen LogP contribution in [0.15, 0.2) is 45.5 Å². The summed E-state index contributed by atoms with van der Waals surface area (Å²) in [6.07, 6.45) is 1.84. The van der Waals surface area contributed by atoms with Crippen LogP contribution in [0.2, 0.25) is 0 Å². The highest BCUT2D eigenvalue weighted by Crippen LogP contribution is 2.26. The minimum absolute atomic E-state index is 0.267. The molecular formula is C15H16Br2N2. The van der Waals surface area contributed by atoms with Crippen molar-refractivity contribution < 1.29 is 0 Å². The molecule has 19 heavy (non-hydrogen) atoms. The third kappa shape index (κ3) is 3.88. The Morgan fingerprint density at radius 1 is 1.26 bits per heavy atom. The molecule has 0 saturated heterocycles. The van der Waals surface area contributed by atoms with E-state index in [4.69, 9.17) is 0 Å². The summed E-state index contributed by atoms with van der Waals surface area (Å²) in [5.41, 5.74) is 3.57. The van der Waals surface area contributed by atoms with Crippen LogP contribution in [0.4, 0.5) is 0 Å². The van der Waals surface area contributed by atoms with E-state index in [-0.39, 0.29) is 6.04 Å². The zero-order valence-corrected chi connectivity index (χ0v) is 14.1. The van der Waals surface area contributed by atoms with Crippen LogP contribution in [0.5, 0.6) is 0 Å². The van der Waals surface area contributed by atoms with E-state index >= 15 is 0 Å². The zero-order chi connectivity index (χ0) is 13.8. The molecule has 4 heteroatoms. The predicted octanol–water partition coefficient (Wildman–Crippen LogP) is 4.77. The van der Waals surface area contributed by atoms with Crippen molar-refractivity contribution in [3.8, 4) is 0 Å². The van der Waals surface area contributed by atoms with E-state index in [1.807, 2.05) is 12.3 Å². The molecule has 1 aromatic carbocycles. The number of aromatic nitrogens is 1. The van der Waals surface area contributed by atoms with Crippen LogP contribution in [0, 0.1) is 6.92 Å². The van der Waals surface area contributed by atoms with Crippen LogP contribution < -0.4 is 5.32 Å². The molecule has 1 atom stereocenters. The lowest BCUT2D eigenvalue weighted by atomic mass is 10.1. The van der Waals surface area contributed by atoms with E-state index in [2.05, 4.69) is 80.3 Å². The van der Waals surface area contributed by atoms with Gasteiger partial charge >= 0.3 is 0 Å². The van der Waals surface area contributed by atoms with Gasteiger partial charge in [0.05, 0.1) is 5.69 Å². The van der Waals surface area contributed by atoms with E-state index in [9.17, 15) is 0 Å². The SMILES string of the molecule is Cc1cccnc1CNC(C)c1ccc(Br)cc1Br. The van der Waals surface area contributed by atoms with Crippen LogP contribution in [0.3, 0.4) is 0 Å². The molecule has 1 aromatic heterocycles. The van der Waals surface area contributed by atoms with E-state index in [0.29, 0.717) is 0 Å². The lowest BCUT2D eigenvalue weighted by Gasteiger charge is -2.16. The van der Waals surface area contributed by atoms with Crippen LogP contribution in [-0.4, -0.2) is 4.98 Å². The molecule has 0 spiro atoms. The standard InChI is InChI=1S/C15H16Br2N2/c1-10-4-3-7-18-15(10)9-19-11(2)13-6-5-12(16)8-14(13)17/h3-8,11,19H,9H2,1-2H3. The van der Waals surface area contributed by atoms with Crippen molar-refractivity contribution in [3.05, 3.63) is 62.3 Å². The van der Waals surface area contributed by atoms with Gasteiger partial charge < -0.3 is 5.32 Å². The van der Waals surface area contributed by atoms with Crippen molar-refractivity contribution in [2.24, 2.45) is 0 Å². The second-order valence-electron chi connectivity index (χ2n) is 4.54. The minimum atomic E-state index is 0.267. The van der Waals surface area contributed by atoms with E-state index < -0.39 is 0 Å². The number of aryl methyl sites for hydroxylation is 1. The van der Waals surface area contributed by atoms with Gasteiger partial charge in [-0.15, -0.1) is 0 Å². The lowest BCUT2D eigenvalue weighted by Crippen LogP contribution is -2.19. The molecule has 1 N–H and O–H groups in total. The first kappa shape index (κ1) is 14.7. The van der Waals surface area contributed by atoms with Crippen molar-refractivity contribution in [3.63, 3.8) is 0 Å². The van der Waals surface area contributed by atoms with Crippen LogP contribution >= 0.6 is 31.9 Å². The third-order valence-electron chi connectivity index (χ3n) is 3.12. The van der Waals surface area contributed by atoms with Gasteiger partial charge in [0.1, 0.15) is 0 Å². The normalized spacial score (nSPS) is 12.4. The zero-order valence-electron chi connectivity index (χ0n) is 11.0. The fourth-order valence-corrected chi connectivity index (χ4v) is 3.31. The molecule has 0 amide bonds. The molecule has 1 unspecified atom stereocenters. The van der Waals surface area contributed by atoms with Crippen molar-refractivity contribution in [2.45, 2.75) is 26.4 Å². The van der Waals surface area contributed by atoms with Gasteiger partial charge in [-0.25, -0.2) is 0 Å². The first-order valence-electron chi connectivity index (χ1n) is 6.16. The summed E-state index contributed by atoms with van der Waals surface area (Å²) in [5, 5.41) is 3.51. The van der Waals surface area contributed by atoms with Gasteiger partial charge in [0.2, 0.25) is 0 Å². The molecule has 0 bridgehead atoms. The Morgan fingerprint density at radius 2 is 2.05 bits per heavy atom. The Morgan fingerprint density at radius 3 is 2.74 bits per heavy atom. The monoisotopic (exact) mass is 382 g/mol. The topological polar surface area (TPSA) is 24.9 Å². The number of halogens is 2. The van der Waals surface area contributed by atoms with E-state index in [1.54, 1.807) is 0 Å². The summed E-state index contributed by atoms with van der Waals surface area (Å²) in [5.74, 6) is 0. The fourth-order valence-electron chi connectivity index (χ4n) is 1.92. The molecule has 0 aliphatic carbocycles. The summed E-state index contributed by atoms with van der Waals surface area (Å²) in [4.78, 5) is 4.40. The third-order valence-corrected chi connectivity index (χ3v) is 4.30. The first-order chi connectivity index (χ1) is 9.08. The summed E-state index contributed by atoms with van der Waals surface area (Å²) in [7, 11) is 0. The molecule has 1 heterocycles. The molecule has 0 fully saturated rings. The van der Waals surface area contributed by atoms with Gasteiger partial charge in [-0.05, 0) is 43.2 Å². The first-order valence-corrected chi connectivity index (χ1v) is 7.75. The molecule has 0 aliphatic rings. The molecule has 2 rings (SSSR count). The molecule has 2 aromatic rings. The number of nitrogens with zero attached hydrogens (tertiary/aromatic N) is 1. The highest BCUT2D eigenvalue weighted by Gasteiger charge is 2.10. The Kier molecular flexibility index (Phi) is 5.13. The van der Waals surface area contributed by atoms with Gasteiger partial charge in [0.15, 0.2) is 0 Å². The van der Waals surface area contributed by atoms with Gasteiger partial charge in [-0.2, -0.15) is 0 Å². The molecular weight excluding hydrogens is 368 g/mol. The Bertz CT molecular complexity index is 570. The smallest absolute Gasteiger partial charge is 0.0570 e. The van der Waals surface area contributed by atoms with Gasteiger partial charge in [0.25, 0.3) is 0 Å². The van der Waals surface area contributed by atoms with Gasteiger partial charge in [0, 0.05) is 27.7 Å². The summed E-state index contributed by atoms with van der Waals surface area (Å²) in [6, 6.07) is 10.6. The maximum absolute atomic E-state index is 4.40. The summed E-state index contributed by atoms with van der Waals surface area (Å²) >= 11 is 7.07. The fraction of sp³-hybridized carbons (Fsp3) is 0.267. The molecule has 100 valence electrons. The molecule has 2 nitrogen and oxygen atoms in total. The van der Waals surface area contributed by atoms with Crippen LogP contribution in [0.1, 0.15) is 29.8 Å². The summed E-state index contributed by atoms with van der Waals surface area (Å²) in [6.45, 7) is 5.02. The highest BCUT2D eigenvalue weighted by atomic mass is 79.9. The number of hydrogen-bond acceptors (Lipinski definition) is 2. The predicted molar refractivity (Wildman–Crippen MR) is 86.1 cm³/mol. The second kappa shape index (κ2) is 6.64. The maximum Gasteiger partial charge on any atom is 0.0570 e. The Balaban J connectivity index is 2.05. The average Bonchev–Trinajstić information content (AvgIpc) is 2.37. The Labute approximate surface area is 130 Å². The van der Waals surface area contributed by atoms with Crippen molar-refractivity contribution >= 4 is 31.9 Å². The van der Waals surface area contributed by atoms with E-state index in [0.717, 1.165) is 21.2 Å². The number of hydrogen-bond donors (Lipinski definition) is 1. The van der Waals surface area contributed by atoms with Crippen molar-refractivity contribution in [1.29, 1.82) is 0 Å². The van der Waals surface area contributed by atoms with Crippen LogP contribution in [-0.2, 0) is 6.54 Å². The average molecular weight is 384 g/mol. The van der Waals surface area contributed by atoms with Gasteiger partial charge in [-0.1, -0.05) is 44.0 Å². The van der Waals surface area contributed by atoms with Crippen molar-refractivity contribution in [2.75, 3.05) is 0 Å². The number of benzene rings is 1.